The van der Waals surface area contributed by atoms with Crippen molar-refractivity contribution in [3.05, 3.63) is 76.7 Å². The minimum Gasteiger partial charge on any atom is -0.468 e. The molecule has 7 nitrogen and oxygen atoms in total. The highest BCUT2D eigenvalue weighted by atomic mass is 35.5. The Morgan fingerprint density at radius 3 is 2.25 bits per heavy atom. The van der Waals surface area contributed by atoms with Crippen LogP contribution >= 0.6 is 23.2 Å². The molecule has 0 saturated heterocycles. The molecular weight excluding hydrogens is 447 g/mol. The first-order valence-electron chi connectivity index (χ1n) is 7.77. The zero-order valence-corrected chi connectivity index (χ0v) is 17.2. The molecule has 0 bridgehead atoms. The molecule has 3 rings (SSSR count). The quantitative estimate of drug-likeness (QED) is 0.556. The van der Waals surface area contributed by atoms with Crippen molar-refractivity contribution >= 4 is 48.9 Å². The summed E-state index contributed by atoms with van der Waals surface area (Å²) in [5.41, 5.74) is 0.0759. The highest BCUT2D eigenvalue weighted by Gasteiger charge is 2.19. The fraction of sp³-hybridized carbons (Fsp3) is 0.0588. The normalized spacial score (nSPS) is 12.1. The van der Waals surface area contributed by atoms with Crippen LogP contribution in [-0.4, -0.2) is 16.8 Å². The lowest BCUT2D eigenvalue weighted by Crippen LogP contribution is -2.23. The Morgan fingerprint density at radius 2 is 1.57 bits per heavy atom. The Kier molecular flexibility index (Phi) is 6.01. The van der Waals surface area contributed by atoms with E-state index in [0.29, 0.717) is 5.76 Å². The van der Waals surface area contributed by atoms with E-state index >= 15 is 0 Å². The summed E-state index contributed by atoms with van der Waals surface area (Å²) in [6.07, 6.45) is 1.43. The molecule has 0 fully saturated rings. The third-order valence-corrected chi connectivity index (χ3v) is 7.13. The molecule has 0 aliphatic heterocycles. The highest BCUT2D eigenvalue weighted by Crippen LogP contribution is 2.26. The van der Waals surface area contributed by atoms with Crippen molar-refractivity contribution in [1.29, 1.82) is 0 Å². The molecule has 0 aliphatic carbocycles. The van der Waals surface area contributed by atoms with Crippen molar-refractivity contribution in [2.75, 3.05) is 4.72 Å². The first-order valence-corrected chi connectivity index (χ1v) is 11.5. The molecule has 0 saturated carbocycles. The number of nitrogens with one attached hydrogen (secondary N) is 2. The van der Waals surface area contributed by atoms with Crippen LogP contribution in [0.4, 0.5) is 5.69 Å². The fourth-order valence-electron chi connectivity index (χ4n) is 2.25. The Labute approximate surface area is 172 Å². The van der Waals surface area contributed by atoms with Gasteiger partial charge in [0.25, 0.3) is 10.0 Å². The lowest BCUT2D eigenvalue weighted by atomic mass is 10.3. The van der Waals surface area contributed by atoms with Crippen molar-refractivity contribution in [3.63, 3.8) is 0 Å². The summed E-state index contributed by atoms with van der Waals surface area (Å²) in [7, 11) is -7.86. The topological polar surface area (TPSA) is 105 Å². The first-order chi connectivity index (χ1) is 13.2. The Hall–Kier alpha value is -2.04. The van der Waals surface area contributed by atoms with Gasteiger partial charge in [0.1, 0.15) is 5.76 Å². The molecule has 11 heteroatoms. The summed E-state index contributed by atoms with van der Waals surface area (Å²) >= 11 is 11.7. The smallest absolute Gasteiger partial charge is 0.261 e. The van der Waals surface area contributed by atoms with E-state index in [-0.39, 0.29) is 32.1 Å². The summed E-state index contributed by atoms with van der Waals surface area (Å²) < 4.78 is 59.7. The molecule has 1 aromatic heterocycles. The summed E-state index contributed by atoms with van der Waals surface area (Å²) in [4.78, 5) is -0.209. The number of halogens is 2. The molecule has 2 aromatic carbocycles. The molecule has 0 atom stereocenters. The Morgan fingerprint density at radius 1 is 0.821 bits per heavy atom. The number of anilines is 1. The highest BCUT2D eigenvalue weighted by molar-refractivity contribution is 7.92. The third kappa shape index (κ3) is 4.86. The Bertz CT molecular complexity index is 1190. The predicted molar refractivity (Wildman–Crippen MR) is 106 cm³/mol. The van der Waals surface area contributed by atoms with Crippen LogP contribution in [0.15, 0.2) is 75.1 Å². The summed E-state index contributed by atoms with van der Waals surface area (Å²) in [5, 5.41) is 0.305. The zero-order chi connectivity index (χ0) is 20.4. The maximum atomic E-state index is 12.5. The van der Waals surface area contributed by atoms with E-state index in [1.54, 1.807) is 12.1 Å². The number of benzene rings is 2. The van der Waals surface area contributed by atoms with Gasteiger partial charge < -0.3 is 4.42 Å². The van der Waals surface area contributed by atoms with Crippen molar-refractivity contribution < 1.29 is 21.3 Å². The van der Waals surface area contributed by atoms with Gasteiger partial charge in [-0.3, -0.25) is 4.72 Å². The van der Waals surface area contributed by atoms with Gasteiger partial charge in [-0.25, -0.2) is 21.6 Å². The standard InChI is InChI=1S/C17H14Cl2N2O5S2/c18-16-7-6-15(10-17(16)19)28(24,25)21-12-3-1-5-14(9-12)27(22,23)20-11-13-4-2-8-26-13/h1-10,20-21H,11H2. The van der Waals surface area contributed by atoms with Gasteiger partial charge in [0.05, 0.1) is 38.3 Å². The van der Waals surface area contributed by atoms with E-state index in [1.807, 2.05) is 0 Å². The van der Waals surface area contributed by atoms with Crippen LogP contribution in [0.2, 0.25) is 10.0 Å². The third-order valence-electron chi connectivity index (χ3n) is 3.61. The molecule has 148 valence electrons. The summed E-state index contributed by atoms with van der Waals surface area (Å²) in [6, 6.07) is 12.5. The molecule has 2 N–H and O–H groups in total. The summed E-state index contributed by atoms with van der Waals surface area (Å²) in [5.74, 6) is 0.444. The maximum absolute atomic E-state index is 12.5. The lowest BCUT2D eigenvalue weighted by molar-refractivity contribution is 0.498. The molecule has 3 aromatic rings. The van der Waals surface area contributed by atoms with Crippen LogP contribution < -0.4 is 9.44 Å². The average molecular weight is 461 g/mol. The van der Waals surface area contributed by atoms with Crippen molar-refractivity contribution in [1.82, 2.24) is 4.72 Å². The van der Waals surface area contributed by atoms with Gasteiger partial charge in [-0.1, -0.05) is 29.3 Å². The maximum Gasteiger partial charge on any atom is 0.261 e. The van der Waals surface area contributed by atoms with E-state index in [2.05, 4.69) is 9.44 Å². The molecule has 0 spiro atoms. The van der Waals surface area contributed by atoms with Gasteiger partial charge in [-0.05, 0) is 48.5 Å². The van der Waals surface area contributed by atoms with Crippen molar-refractivity contribution in [2.45, 2.75) is 16.3 Å². The van der Waals surface area contributed by atoms with Crippen LogP contribution in [-0.2, 0) is 26.6 Å². The van der Waals surface area contributed by atoms with E-state index in [1.165, 1.54) is 48.7 Å². The lowest BCUT2D eigenvalue weighted by Gasteiger charge is -2.11. The summed E-state index contributed by atoms with van der Waals surface area (Å²) in [6.45, 7) is -0.0332. The van der Waals surface area contributed by atoms with Crippen LogP contribution in [0.25, 0.3) is 0 Å². The van der Waals surface area contributed by atoms with Crippen molar-refractivity contribution in [2.24, 2.45) is 0 Å². The molecule has 0 aliphatic rings. The van der Waals surface area contributed by atoms with Crippen LogP contribution in [0.3, 0.4) is 0 Å². The molecule has 0 radical (unpaired) electrons. The second-order valence-corrected chi connectivity index (χ2v) is 9.88. The van der Waals surface area contributed by atoms with E-state index < -0.39 is 20.0 Å². The second kappa shape index (κ2) is 8.14. The SMILES string of the molecule is O=S(=O)(NCc1ccco1)c1cccc(NS(=O)(=O)c2ccc(Cl)c(Cl)c2)c1. The Balaban J connectivity index is 1.81. The molecule has 0 unspecified atom stereocenters. The van der Waals surface area contributed by atoms with Crippen LogP contribution in [0, 0.1) is 0 Å². The van der Waals surface area contributed by atoms with E-state index in [9.17, 15) is 16.8 Å². The van der Waals surface area contributed by atoms with Gasteiger partial charge in [-0.15, -0.1) is 0 Å². The molecular formula is C17H14Cl2N2O5S2. The minimum absolute atomic E-state index is 0.0332. The monoisotopic (exact) mass is 460 g/mol. The van der Waals surface area contributed by atoms with Crippen LogP contribution in [0.5, 0.6) is 0 Å². The van der Waals surface area contributed by atoms with Gasteiger partial charge in [0.15, 0.2) is 0 Å². The minimum atomic E-state index is -3.99. The van der Waals surface area contributed by atoms with Crippen molar-refractivity contribution in [3.8, 4) is 0 Å². The van der Waals surface area contributed by atoms with E-state index in [0.717, 1.165) is 0 Å². The van der Waals surface area contributed by atoms with Crippen LogP contribution in [0.1, 0.15) is 5.76 Å². The number of furan rings is 1. The molecule has 1 heterocycles. The molecule has 0 amide bonds. The zero-order valence-electron chi connectivity index (χ0n) is 14.1. The van der Waals surface area contributed by atoms with Gasteiger partial charge >= 0.3 is 0 Å². The number of rotatable bonds is 7. The van der Waals surface area contributed by atoms with Gasteiger partial charge in [0.2, 0.25) is 10.0 Å². The predicted octanol–water partition coefficient (Wildman–Crippen LogP) is 3.87. The first kappa shape index (κ1) is 20.7. The van der Waals surface area contributed by atoms with Gasteiger partial charge in [0, 0.05) is 0 Å². The number of sulfonamides is 2. The molecule has 28 heavy (non-hydrogen) atoms. The largest absolute Gasteiger partial charge is 0.468 e. The average Bonchev–Trinajstić information content (AvgIpc) is 3.16. The number of hydrogen-bond acceptors (Lipinski definition) is 5. The van der Waals surface area contributed by atoms with E-state index in [4.69, 9.17) is 27.6 Å². The number of hydrogen-bond donors (Lipinski definition) is 2. The second-order valence-electron chi connectivity index (χ2n) is 5.61. The van der Waals surface area contributed by atoms with Gasteiger partial charge in [-0.2, -0.15) is 0 Å². The fourth-order valence-corrected chi connectivity index (χ4v) is 4.72.